The summed E-state index contributed by atoms with van der Waals surface area (Å²) in [4.78, 5) is 42.9. The fraction of sp³-hybridized carbons (Fsp3) is 0.864. The van der Waals surface area contributed by atoms with Gasteiger partial charge in [0.1, 0.15) is 6.04 Å². The Morgan fingerprint density at radius 1 is 0.862 bits per heavy atom. The summed E-state index contributed by atoms with van der Waals surface area (Å²) in [5, 5.41) is 6.06. The summed E-state index contributed by atoms with van der Waals surface area (Å²) in [5.41, 5.74) is 0. The van der Waals surface area contributed by atoms with Gasteiger partial charge in [0.2, 0.25) is 17.7 Å². The van der Waals surface area contributed by atoms with Gasteiger partial charge >= 0.3 is 0 Å². The van der Waals surface area contributed by atoms with E-state index in [4.69, 9.17) is 0 Å². The van der Waals surface area contributed by atoms with Gasteiger partial charge in [-0.25, -0.2) is 0 Å². The molecular formula is C22H36N4O3. The molecule has 29 heavy (non-hydrogen) atoms. The van der Waals surface area contributed by atoms with E-state index in [0.29, 0.717) is 12.5 Å². The van der Waals surface area contributed by atoms with Crippen LogP contribution in [0.4, 0.5) is 0 Å². The average molecular weight is 405 g/mol. The lowest BCUT2D eigenvalue weighted by atomic mass is 9.83. The van der Waals surface area contributed by atoms with E-state index in [-0.39, 0.29) is 41.8 Å². The fourth-order valence-corrected chi connectivity index (χ4v) is 5.54. The highest BCUT2D eigenvalue weighted by Gasteiger charge is 2.50. The Labute approximate surface area is 173 Å². The normalized spacial score (nSPS) is 29.4. The molecule has 0 bridgehead atoms. The van der Waals surface area contributed by atoms with Gasteiger partial charge in [-0.05, 0) is 58.4 Å². The van der Waals surface area contributed by atoms with Crippen LogP contribution in [0.5, 0.6) is 0 Å². The van der Waals surface area contributed by atoms with Gasteiger partial charge in [-0.2, -0.15) is 0 Å². The highest BCUT2D eigenvalue weighted by molar-refractivity contribution is 5.90. The van der Waals surface area contributed by atoms with Crippen LogP contribution < -0.4 is 10.6 Å². The van der Waals surface area contributed by atoms with Crippen molar-refractivity contribution in [2.24, 2.45) is 11.8 Å². The Morgan fingerprint density at radius 3 is 2.10 bits per heavy atom. The minimum absolute atomic E-state index is 0.0711. The van der Waals surface area contributed by atoms with Crippen molar-refractivity contribution in [3.63, 3.8) is 0 Å². The van der Waals surface area contributed by atoms with Gasteiger partial charge in [-0.1, -0.05) is 19.3 Å². The molecule has 0 spiro atoms. The standard InChI is InChI=1S/C22H36N4O3/c1-14(23-2)20(27)24-19(15-6-4-3-5-7-15)22(29)26-13-11-17-18(26)10-12-25(17)21(28)16-8-9-16/h14-19,23H,3-13H2,1-2H3,(H,24,27)/t14-,17?,18?,19?/m0/s1. The molecule has 4 aliphatic rings. The predicted octanol–water partition coefficient (Wildman–Crippen LogP) is 1.27. The summed E-state index contributed by atoms with van der Waals surface area (Å²) in [7, 11) is 1.76. The summed E-state index contributed by atoms with van der Waals surface area (Å²) in [6.45, 7) is 3.29. The molecule has 2 N–H and O–H groups in total. The lowest BCUT2D eigenvalue weighted by molar-refractivity contribution is -0.140. The summed E-state index contributed by atoms with van der Waals surface area (Å²) >= 11 is 0. The second-order valence-electron chi connectivity index (χ2n) is 9.44. The van der Waals surface area contributed by atoms with Crippen LogP contribution in [0.2, 0.25) is 0 Å². The third-order valence-electron chi connectivity index (χ3n) is 7.58. The number of likely N-dealkylation sites (N-methyl/N-ethyl adjacent to an activating group) is 1. The quantitative estimate of drug-likeness (QED) is 0.699. The number of amides is 3. The third-order valence-corrected chi connectivity index (χ3v) is 7.58. The van der Waals surface area contributed by atoms with E-state index in [1.807, 2.05) is 16.7 Å². The maximum absolute atomic E-state index is 13.6. The van der Waals surface area contributed by atoms with Gasteiger partial charge in [0.05, 0.1) is 18.1 Å². The molecule has 2 aliphatic carbocycles. The van der Waals surface area contributed by atoms with Crippen LogP contribution in [-0.4, -0.2) is 71.8 Å². The number of fused-ring (bicyclic) bond motifs is 1. The highest BCUT2D eigenvalue weighted by atomic mass is 16.2. The van der Waals surface area contributed by atoms with E-state index >= 15 is 0 Å². The fourth-order valence-electron chi connectivity index (χ4n) is 5.54. The maximum atomic E-state index is 13.6. The second kappa shape index (κ2) is 8.62. The molecule has 7 nitrogen and oxygen atoms in total. The first-order valence-corrected chi connectivity index (χ1v) is 11.6. The topological polar surface area (TPSA) is 81.8 Å². The Morgan fingerprint density at radius 2 is 1.48 bits per heavy atom. The molecular weight excluding hydrogens is 368 g/mol. The van der Waals surface area contributed by atoms with Gasteiger partial charge in [-0.15, -0.1) is 0 Å². The van der Waals surface area contributed by atoms with Crippen LogP contribution in [0.3, 0.4) is 0 Å². The minimum Gasteiger partial charge on any atom is -0.343 e. The molecule has 2 heterocycles. The Bertz CT molecular complexity index is 644. The van der Waals surface area contributed by atoms with Gasteiger partial charge in [0.25, 0.3) is 0 Å². The van der Waals surface area contributed by atoms with Crippen LogP contribution in [0.1, 0.15) is 64.7 Å². The number of nitrogens with one attached hydrogen (secondary N) is 2. The first kappa shape index (κ1) is 20.6. The smallest absolute Gasteiger partial charge is 0.245 e. The first-order chi connectivity index (χ1) is 14.0. The second-order valence-corrected chi connectivity index (χ2v) is 9.44. The van der Waals surface area contributed by atoms with Crippen molar-refractivity contribution in [2.45, 2.75) is 88.9 Å². The van der Waals surface area contributed by atoms with Gasteiger partial charge in [0.15, 0.2) is 0 Å². The summed E-state index contributed by atoms with van der Waals surface area (Å²) in [6.07, 6.45) is 9.25. The van der Waals surface area contributed by atoms with Gasteiger partial charge < -0.3 is 20.4 Å². The van der Waals surface area contributed by atoms with Crippen molar-refractivity contribution >= 4 is 17.7 Å². The molecule has 162 valence electrons. The Balaban J connectivity index is 1.46. The van der Waals surface area contributed by atoms with Crippen molar-refractivity contribution in [1.82, 2.24) is 20.4 Å². The number of carbonyl (C=O) groups is 3. The van der Waals surface area contributed by atoms with Gasteiger partial charge in [-0.3, -0.25) is 14.4 Å². The van der Waals surface area contributed by atoms with Crippen LogP contribution in [0.15, 0.2) is 0 Å². The van der Waals surface area contributed by atoms with E-state index < -0.39 is 6.04 Å². The molecule has 0 aromatic heterocycles. The number of hydrogen-bond donors (Lipinski definition) is 2. The van der Waals surface area contributed by atoms with Crippen LogP contribution in [0, 0.1) is 11.8 Å². The number of nitrogens with zero attached hydrogens (tertiary/aromatic N) is 2. The number of carbonyl (C=O) groups excluding carboxylic acids is 3. The molecule has 0 aromatic rings. The largest absolute Gasteiger partial charge is 0.343 e. The van der Waals surface area contributed by atoms with E-state index in [1.54, 1.807) is 7.05 Å². The van der Waals surface area contributed by atoms with E-state index in [9.17, 15) is 14.4 Å². The zero-order valence-electron chi connectivity index (χ0n) is 17.9. The van der Waals surface area contributed by atoms with Crippen molar-refractivity contribution in [3.8, 4) is 0 Å². The molecule has 7 heteroatoms. The molecule has 2 aliphatic heterocycles. The van der Waals surface area contributed by atoms with E-state index in [1.165, 1.54) is 6.42 Å². The van der Waals surface area contributed by atoms with Crippen molar-refractivity contribution in [2.75, 3.05) is 20.1 Å². The molecule has 4 atom stereocenters. The SMILES string of the molecule is CN[C@@H](C)C(=O)NC(C(=O)N1CCC2C1CCN2C(=O)C1CC1)C1CCCCC1. The maximum Gasteiger partial charge on any atom is 0.245 e. The zero-order valence-corrected chi connectivity index (χ0v) is 17.9. The monoisotopic (exact) mass is 404 g/mol. The highest BCUT2D eigenvalue weighted by Crippen LogP contribution is 2.38. The Kier molecular flexibility index (Phi) is 6.13. The lowest BCUT2D eigenvalue weighted by Crippen LogP contribution is -2.56. The van der Waals surface area contributed by atoms with Crippen LogP contribution >= 0.6 is 0 Å². The van der Waals surface area contributed by atoms with Crippen LogP contribution in [0.25, 0.3) is 0 Å². The lowest BCUT2D eigenvalue weighted by Gasteiger charge is -2.35. The first-order valence-electron chi connectivity index (χ1n) is 11.6. The van der Waals surface area contributed by atoms with Crippen molar-refractivity contribution in [1.29, 1.82) is 0 Å². The molecule has 2 saturated heterocycles. The van der Waals surface area contributed by atoms with Crippen LogP contribution in [-0.2, 0) is 14.4 Å². The molecule has 0 radical (unpaired) electrons. The number of hydrogen-bond acceptors (Lipinski definition) is 4. The number of likely N-dealkylation sites (tertiary alicyclic amines) is 2. The van der Waals surface area contributed by atoms with Crippen molar-refractivity contribution < 1.29 is 14.4 Å². The van der Waals surface area contributed by atoms with Crippen molar-refractivity contribution in [3.05, 3.63) is 0 Å². The summed E-state index contributed by atoms with van der Waals surface area (Å²) in [6, 6.07) is -0.468. The Hall–Kier alpha value is -1.63. The molecule has 3 amide bonds. The average Bonchev–Trinajstić information content (AvgIpc) is 3.39. The molecule has 4 fully saturated rings. The van der Waals surface area contributed by atoms with E-state index in [0.717, 1.165) is 57.9 Å². The predicted molar refractivity (Wildman–Crippen MR) is 110 cm³/mol. The van der Waals surface area contributed by atoms with Gasteiger partial charge in [0, 0.05) is 19.0 Å². The summed E-state index contributed by atoms with van der Waals surface area (Å²) in [5.74, 6) is 0.711. The molecule has 3 unspecified atom stereocenters. The number of rotatable bonds is 6. The zero-order chi connectivity index (χ0) is 20.5. The molecule has 0 aromatic carbocycles. The minimum atomic E-state index is -0.439. The molecule has 4 rings (SSSR count). The third kappa shape index (κ3) is 4.16. The molecule has 2 saturated carbocycles. The van der Waals surface area contributed by atoms with E-state index in [2.05, 4.69) is 10.6 Å². The summed E-state index contributed by atoms with van der Waals surface area (Å²) < 4.78 is 0.